The number of primary amides is 1. The molecule has 0 fully saturated rings. The number of nitrogens with zero attached hydrogens (tertiary/aromatic N) is 1. The number of nitrogens with two attached hydrogens (primary N) is 1. The van der Waals surface area contributed by atoms with Crippen molar-refractivity contribution in [1.82, 2.24) is 0 Å². The van der Waals surface area contributed by atoms with Gasteiger partial charge in [0.25, 0.3) is 5.91 Å². The number of ether oxygens (including phenoxy) is 1. The zero-order valence-electron chi connectivity index (χ0n) is 12.6. The summed E-state index contributed by atoms with van der Waals surface area (Å²) in [5, 5.41) is 0. The summed E-state index contributed by atoms with van der Waals surface area (Å²) in [7, 11) is 0. The highest BCUT2D eigenvalue weighted by atomic mass is 79.9. The molecule has 0 radical (unpaired) electrons. The largest absolute Gasteiger partial charge is 0.477 e. The summed E-state index contributed by atoms with van der Waals surface area (Å²) in [5.41, 5.74) is 6.02. The van der Waals surface area contributed by atoms with Crippen LogP contribution in [0.2, 0.25) is 0 Å². The number of carbonyl (C=O) groups excluding carboxylic acids is 2. The Morgan fingerprint density at radius 3 is 2.62 bits per heavy atom. The summed E-state index contributed by atoms with van der Waals surface area (Å²) >= 11 is 4.83. The van der Waals surface area contributed by atoms with E-state index < -0.39 is 12.0 Å². The topological polar surface area (TPSA) is 72.6 Å². The molecule has 2 aromatic carbocycles. The molecule has 124 valence electrons. The molecule has 0 unspecified atom stereocenters. The van der Waals surface area contributed by atoms with Crippen LogP contribution < -0.4 is 15.4 Å². The minimum absolute atomic E-state index is 0.0927. The number of rotatable bonds is 4. The molecule has 0 spiro atoms. The summed E-state index contributed by atoms with van der Waals surface area (Å²) in [5.74, 6) is 0.0869. The Kier molecular flexibility index (Phi) is 5.11. The van der Waals surface area contributed by atoms with Crippen molar-refractivity contribution in [3.05, 3.63) is 53.0 Å². The lowest BCUT2D eigenvalue weighted by atomic mass is 10.2. The maximum Gasteiger partial charge on any atom is 0.260 e. The highest BCUT2D eigenvalue weighted by Gasteiger charge is 2.32. The van der Waals surface area contributed by atoms with Gasteiger partial charge in [-0.1, -0.05) is 28.1 Å². The van der Waals surface area contributed by atoms with E-state index in [2.05, 4.69) is 15.9 Å². The van der Waals surface area contributed by atoms with Gasteiger partial charge < -0.3 is 15.4 Å². The molecule has 7 heteroatoms. The van der Waals surface area contributed by atoms with Crippen LogP contribution in [0.5, 0.6) is 5.75 Å². The van der Waals surface area contributed by atoms with Gasteiger partial charge in [-0.3, -0.25) is 9.59 Å². The fourth-order valence-electron chi connectivity index (χ4n) is 2.37. The molecule has 2 aromatic rings. The minimum atomic E-state index is -0.832. The number of anilines is 1. The third-order valence-corrected chi connectivity index (χ3v) is 5.09. The third-order valence-electron chi connectivity index (χ3n) is 3.57. The highest BCUT2D eigenvalue weighted by molar-refractivity contribution is 9.10. The monoisotopic (exact) mass is 406 g/mol. The van der Waals surface area contributed by atoms with E-state index in [-0.39, 0.29) is 18.2 Å². The second kappa shape index (κ2) is 7.27. The van der Waals surface area contributed by atoms with Crippen LogP contribution in [0.1, 0.15) is 0 Å². The SMILES string of the molecule is NC(=O)[C@H]1CN(C(=O)CSc2ccc(Br)cc2)c2ccccc2O1. The smallest absolute Gasteiger partial charge is 0.260 e. The lowest BCUT2D eigenvalue weighted by molar-refractivity contribution is -0.125. The molecule has 24 heavy (non-hydrogen) atoms. The number of fused-ring (bicyclic) bond motifs is 1. The van der Waals surface area contributed by atoms with Crippen molar-refractivity contribution >= 4 is 45.2 Å². The molecule has 2 amide bonds. The van der Waals surface area contributed by atoms with Crippen LogP contribution in [0, 0.1) is 0 Å². The number of para-hydroxylation sites is 2. The summed E-state index contributed by atoms with van der Waals surface area (Å²) in [6.07, 6.45) is -0.832. The summed E-state index contributed by atoms with van der Waals surface area (Å²) in [6, 6.07) is 14.9. The molecule has 1 aliphatic rings. The Hall–Kier alpha value is -1.99. The van der Waals surface area contributed by atoms with Gasteiger partial charge in [0.15, 0.2) is 6.10 Å². The van der Waals surface area contributed by atoms with Crippen molar-refractivity contribution in [3.63, 3.8) is 0 Å². The fourth-order valence-corrected chi connectivity index (χ4v) is 3.41. The second-order valence-electron chi connectivity index (χ2n) is 5.22. The molecule has 2 N–H and O–H groups in total. The van der Waals surface area contributed by atoms with E-state index in [0.29, 0.717) is 11.4 Å². The molecule has 3 rings (SSSR count). The van der Waals surface area contributed by atoms with Crippen LogP contribution in [-0.2, 0) is 9.59 Å². The molecule has 0 aromatic heterocycles. The van der Waals surface area contributed by atoms with Crippen LogP contribution >= 0.6 is 27.7 Å². The second-order valence-corrected chi connectivity index (χ2v) is 7.19. The summed E-state index contributed by atoms with van der Waals surface area (Å²) in [4.78, 5) is 26.7. The number of amides is 2. The van der Waals surface area contributed by atoms with Crippen LogP contribution in [0.15, 0.2) is 57.9 Å². The Morgan fingerprint density at radius 1 is 1.21 bits per heavy atom. The predicted molar refractivity (Wildman–Crippen MR) is 97.3 cm³/mol. The van der Waals surface area contributed by atoms with Gasteiger partial charge in [-0.2, -0.15) is 0 Å². The Labute approximate surface area is 152 Å². The van der Waals surface area contributed by atoms with Crippen LogP contribution in [0.4, 0.5) is 5.69 Å². The zero-order valence-corrected chi connectivity index (χ0v) is 15.0. The third kappa shape index (κ3) is 3.73. The first-order valence-electron chi connectivity index (χ1n) is 7.28. The minimum Gasteiger partial charge on any atom is -0.477 e. The van der Waals surface area contributed by atoms with Crippen molar-refractivity contribution < 1.29 is 14.3 Å². The first-order chi connectivity index (χ1) is 11.5. The van der Waals surface area contributed by atoms with Gasteiger partial charge in [-0.25, -0.2) is 0 Å². The van der Waals surface area contributed by atoms with Gasteiger partial charge in [0.2, 0.25) is 5.91 Å². The first kappa shape index (κ1) is 16.9. The zero-order chi connectivity index (χ0) is 17.1. The van der Waals surface area contributed by atoms with E-state index in [1.807, 2.05) is 30.3 Å². The van der Waals surface area contributed by atoms with Crippen LogP contribution in [0.25, 0.3) is 0 Å². The average molecular weight is 407 g/mol. The standard InChI is InChI=1S/C17H15BrN2O3S/c18-11-5-7-12(8-6-11)24-10-16(21)20-9-15(17(19)22)23-14-4-2-1-3-13(14)20/h1-8,15H,9-10H2,(H2,19,22)/t15-/m1/s1. The van der Waals surface area contributed by atoms with Gasteiger partial charge in [0.05, 0.1) is 18.0 Å². The van der Waals surface area contributed by atoms with Gasteiger partial charge in [-0.15, -0.1) is 11.8 Å². The van der Waals surface area contributed by atoms with Crippen LogP contribution in [0.3, 0.4) is 0 Å². The maximum atomic E-state index is 12.7. The van der Waals surface area contributed by atoms with Crippen molar-refractivity contribution in [2.24, 2.45) is 5.73 Å². The normalized spacial score (nSPS) is 16.2. The molecular formula is C17H15BrN2O3S. The molecule has 5 nitrogen and oxygen atoms in total. The quantitative estimate of drug-likeness (QED) is 0.792. The van der Waals surface area contributed by atoms with E-state index in [1.54, 1.807) is 23.1 Å². The lowest BCUT2D eigenvalue weighted by Crippen LogP contribution is -2.49. The predicted octanol–water partition coefficient (Wildman–Crippen LogP) is 2.82. The van der Waals surface area contributed by atoms with E-state index in [1.165, 1.54) is 11.8 Å². The van der Waals surface area contributed by atoms with E-state index in [9.17, 15) is 9.59 Å². The van der Waals surface area contributed by atoms with Gasteiger partial charge in [0.1, 0.15) is 5.75 Å². The number of hydrogen-bond acceptors (Lipinski definition) is 4. The molecule has 1 aliphatic heterocycles. The van der Waals surface area contributed by atoms with Crippen molar-refractivity contribution in [2.75, 3.05) is 17.2 Å². The Bertz CT molecular complexity index is 767. The Balaban J connectivity index is 1.75. The van der Waals surface area contributed by atoms with Gasteiger partial charge in [0, 0.05) is 9.37 Å². The van der Waals surface area contributed by atoms with E-state index in [0.717, 1.165) is 9.37 Å². The maximum absolute atomic E-state index is 12.7. The average Bonchev–Trinajstić information content (AvgIpc) is 2.60. The number of thioether (sulfide) groups is 1. The molecule has 0 bridgehead atoms. The molecule has 0 aliphatic carbocycles. The number of benzene rings is 2. The first-order valence-corrected chi connectivity index (χ1v) is 9.06. The lowest BCUT2D eigenvalue weighted by Gasteiger charge is -2.33. The Morgan fingerprint density at radius 2 is 1.92 bits per heavy atom. The summed E-state index contributed by atoms with van der Waals surface area (Å²) in [6.45, 7) is 0.131. The molecule has 1 atom stereocenters. The molecule has 1 heterocycles. The molecule has 0 saturated heterocycles. The van der Waals surface area contributed by atoms with Crippen molar-refractivity contribution in [1.29, 1.82) is 0 Å². The number of hydrogen-bond donors (Lipinski definition) is 1. The van der Waals surface area contributed by atoms with Gasteiger partial charge >= 0.3 is 0 Å². The van der Waals surface area contributed by atoms with Crippen molar-refractivity contribution in [2.45, 2.75) is 11.0 Å². The highest BCUT2D eigenvalue weighted by Crippen LogP contribution is 2.33. The molecular weight excluding hydrogens is 392 g/mol. The number of carbonyl (C=O) groups is 2. The fraction of sp³-hybridized carbons (Fsp3) is 0.176. The van der Waals surface area contributed by atoms with Crippen LogP contribution in [-0.4, -0.2) is 30.2 Å². The molecule has 0 saturated carbocycles. The van der Waals surface area contributed by atoms with E-state index in [4.69, 9.17) is 10.5 Å². The van der Waals surface area contributed by atoms with E-state index >= 15 is 0 Å². The summed E-state index contributed by atoms with van der Waals surface area (Å²) < 4.78 is 6.56. The number of halogens is 1. The van der Waals surface area contributed by atoms with Gasteiger partial charge in [-0.05, 0) is 36.4 Å². The van der Waals surface area contributed by atoms with Crippen molar-refractivity contribution in [3.8, 4) is 5.75 Å².